The van der Waals surface area contributed by atoms with E-state index in [0.29, 0.717) is 44.2 Å². The van der Waals surface area contributed by atoms with Crippen LogP contribution in [0.1, 0.15) is 21.5 Å². The molecule has 0 saturated carbocycles. The third-order valence-corrected chi connectivity index (χ3v) is 5.51. The first kappa shape index (κ1) is 20.7. The smallest absolute Gasteiger partial charge is 0.253 e. The molecule has 1 N–H and O–H groups in total. The fraction of sp³-hybridized carbons (Fsp3) is 0.304. The first-order valence-corrected chi connectivity index (χ1v) is 10.3. The predicted molar refractivity (Wildman–Crippen MR) is 117 cm³/mol. The lowest BCUT2D eigenvalue weighted by atomic mass is 10.1. The lowest BCUT2D eigenvalue weighted by Crippen LogP contribution is -2.50. The summed E-state index contributed by atoms with van der Waals surface area (Å²) in [4.78, 5) is 29.2. The maximum Gasteiger partial charge on any atom is 0.253 e. The van der Waals surface area contributed by atoms with Crippen LogP contribution in [0.5, 0.6) is 0 Å². The molecule has 8 heteroatoms. The molecule has 1 saturated heterocycles. The van der Waals surface area contributed by atoms with Crippen LogP contribution >= 0.6 is 0 Å². The van der Waals surface area contributed by atoms with E-state index in [-0.39, 0.29) is 11.8 Å². The standard InChI is InChI=1S/C23H25N5O3/c1-16-4-3-5-17(2)21(16)25-20(29)14-27-10-12-28(13-11-27)23(30)19-8-6-18(7-9-19)22-26-24-15-31-22/h3-9,15H,10-14H2,1-2H3,(H,25,29). The maximum absolute atomic E-state index is 12.8. The Balaban J connectivity index is 1.29. The number of hydrogen-bond donors (Lipinski definition) is 1. The molecule has 2 heterocycles. The number of hydrogen-bond acceptors (Lipinski definition) is 6. The minimum atomic E-state index is -0.0335. The van der Waals surface area contributed by atoms with Crippen molar-refractivity contribution < 1.29 is 14.0 Å². The molecule has 2 aromatic carbocycles. The summed E-state index contributed by atoms with van der Waals surface area (Å²) in [5.41, 5.74) is 4.37. The monoisotopic (exact) mass is 419 g/mol. The van der Waals surface area contributed by atoms with Crippen LogP contribution in [-0.2, 0) is 4.79 Å². The van der Waals surface area contributed by atoms with Crippen molar-refractivity contribution in [3.8, 4) is 11.5 Å². The number of aromatic nitrogens is 2. The number of carbonyl (C=O) groups is 2. The van der Waals surface area contributed by atoms with Crippen molar-refractivity contribution in [3.05, 3.63) is 65.5 Å². The van der Waals surface area contributed by atoms with Gasteiger partial charge in [-0.05, 0) is 49.2 Å². The van der Waals surface area contributed by atoms with Gasteiger partial charge in [0.2, 0.25) is 18.2 Å². The third-order valence-electron chi connectivity index (χ3n) is 5.51. The van der Waals surface area contributed by atoms with Crippen molar-refractivity contribution in [3.63, 3.8) is 0 Å². The highest BCUT2D eigenvalue weighted by Crippen LogP contribution is 2.20. The van der Waals surface area contributed by atoms with E-state index in [9.17, 15) is 9.59 Å². The zero-order valence-electron chi connectivity index (χ0n) is 17.7. The minimum absolute atomic E-state index is 0.0169. The van der Waals surface area contributed by atoms with Gasteiger partial charge in [0.15, 0.2) is 0 Å². The van der Waals surface area contributed by atoms with Gasteiger partial charge in [-0.25, -0.2) is 0 Å². The number of rotatable bonds is 5. The first-order valence-electron chi connectivity index (χ1n) is 10.3. The van der Waals surface area contributed by atoms with Crippen LogP contribution in [-0.4, -0.2) is 64.5 Å². The summed E-state index contributed by atoms with van der Waals surface area (Å²) in [6.07, 6.45) is 1.27. The van der Waals surface area contributed by atoms with Crippen molar-refractivity contribution in [2.45, 2.75) is 13.8 Å². The highest BCUT2D eigenvalue weighted by atomic mass is 16.4. The summed E-state index contributed by atoms with van der Waals surface area (Å²) in [5, 5.41) is 10.6. The zero-order valence-corrected chi connectivity index (χ0v) is 17.7. The Morgan fingerprint density at radius 3 is 2.29 bits per heavy atom. The number of para-hydroxylation sites is 1. The Hall–Kier alpha value is -3.52. The normalized spacial score (nSPS) is 14.5. The Morgan fingerprint density at radius 2 is 1.68 bits per heavy atom. The number of nitrogens with one attached hydrogen (secondary N) is 1. The van der Waals surface area contributed by atoms with Gasteiger partial charge in [0.25, 0.3) is 5.91 Å². The van der Waals surface area contributed by atoms with Crippen molar-refractivity contribution in [2.75, 3.05) is 38.0 Å². The summed E-state index contributed by atoms with van der Waals surface area (Å²) in [7, 11) is 0. The van der Waals surface area contributed by atoms with E-state index in [4.69, 9.17) is 4.42 Å². The number of piperazine rings is 1. The average Bonchev–Trinajstić information content (AvgIpc) is 3.32. The van der Waals surface area contributed by atoms with Gasteiger partial charge in [-0.15, -0.1) is 10.2 Å². The largest absolute Gasteiger partial charge is 0.423 e. The van der Waals surface area contributed by atoms with E-state index in [0.717, 1.165) is 22.4 Å². The fourth-order valence-corrected chi connectivity index (χ4v) is 3.74. The van der Waals surface area contributed by atoms with E-state index in [1.165, 1.54) is 6.39 Å². The van der Waals surface area contributed by atoms with Gasteiger partial charge in [-0.3, -0.25) is 14.5 Å². The number of aryl methyl sites for hydroxylation is 2. The van der Waals surface area contributed by atoms with Crippen LogP contribution in [0.25, 0.3) is 11.5 Å². The topological polar surface area (TPSA) is 91.6 Å². The first-order chi connectivity index (χ1) is 15.0. The minimum Gasteiger partial charge on any atom is -0.423 e. The highest BCUT2D eigenvalue weighted by molar-refractivity contribution is 5.95. The summed E-state index contributed by atoms with van der Waals surface area (Å²) in [5.74, 6) is 0.372. The quantitative estimate of drug-likeness (QED) is 0.684. The number of carbonyl (C=O) groups excluding carboxylic acids is 2. The molecule has 0 atom stereocenters. The zero-order chi connectivity index (χ0) is 21.8. The second-order valence-electron chi connectivity index (χ2n) is 7.70. The molecule has 4 rings (SSSR count). The Kier molecular flexibility index (Phi) is 6.08. The van der Waals surface area contributed by atoms with Gasteiger partial charge in [-0.2, -0.15) is 0 Å². The predicted octanol–water partition coefficient (Wildman–Crippen LogP) is 2.75. The van der Waals surface area contributed by atoms with Crippen LogP contribution in [0.2, 0.25) is 0 Å². The van der Waals surface area contributed by atoms with Gasteiger partial charge < -0.3 is 14.6 Å². The SMILES string of the molecule is Cc1cccc(C)c1NC(=O)CN1CCN(C(=O)c2ccc(-c3nnco3)cc2)CC1. The molecule has 160 valence electrons. The summed E-state index contributed by atoms with van der Waals surface area (Å²) in [6.45, 7) is 6.78. The molecule has 31 heavy (non-hydrogen) atoms. The van der Waals surface area contributed by atoms with Crippen molar-refractivity contribution in [2.24, 2.45) is 0 Å². The molecule has 0 radical (unpaired) electrons. The molecule has 1 aliphatic heterocycles. The number of amides is 2. The molecular weight excluding hydrogens is 394 g/mol. The molecular formula is C23H25N5O3. The van der Waals surface area contributed by atoms with Gasteiger partial charge >= 0.3 is 0 Å². The van der Waals surface area contributed by atoms with Crippen molar-refractivity contribution in [1.82, 2.24) is 20.0 Å². The fourth-order valence-electron chi connectivity index (χ4n) is 3.74. The van der Waals surface area contributed by atoms with E-state index >= 15 is 0 Å². The molecule has 8 nitrogen and oxygen atoms in total. The van der Waals surface area contributed by atoms with Crippen LogP contribution < -0.4 is 5.32 Å². The van der Waals surface area contributed by atoms with Gasteiger partial charge in [0.05, 0.1) is 6.54 Å². The average molecular weight is 419 g/mol. The van der Waals surface area contributed by atoms with Crippen molar-refractivity contribution >= 4 is 17.5 Å². The molecule has 1 aromatic heterocycles. The Bertz CT molecular complexity index is 1040. The second-order valence-corrected chi connectivity index (χ2v) is 7.70. The maximum atomic E-state index is 12.8. The van der Waals surface area contributed by atoms with Crippen LogP contribution in [0, 0.1) is 13.8 Å². The second kappa shape index (κ2) is 9.09. The molecule has 0 spiro atoms. The van der Waals surface area contributed by atoms with Crippen molar-refractivity contribution in [1.29, 1.82) is 0 Å². The lowest BCUT2D eigenvalue weighted by molar-refractivity contribution is -0.117. The summed E-state index contributed by atoms with van der Waals surface area (Å²) >= 11 is 0. The molecule has 0 aliphatic carbocycles. The number of anilines is 1. The summed E-state index contributed by atoms with van der Waals surface area (Å²) in [6, 6.07) is 13.1. The van der Waals surface area contributed by atoms with Crippen LogP contribution in [0.3, 0.4) is 0 Å². The molecule has 1 fully saturated rings. The third kappa shape index (κ3) is 4.80. The molecule has 3 aromatic rings. The highest BCUT2D eigenvalue weighted by Gasteiger charge is 2.23. The van der Waals surface area contributed by atoms with E-state index in [1.54, 1.807) is 24.3 Å². The van der Waals surface area contributed by atoms with Gasteiger partial charge in [0, 0.05) is 43.0 Å². The number of benzene rings is 2. The van der Waals surface area contributed by atoms with Gasteiger partial charge in [-0.1, -0.05) is 18.2 Å². The molecule has 2 amide bonds. The molecule has 1 aliphatic rings. The Morgan fingerprint density at radius 1 is 1.00 bits per heavy atom. The van der Waals surface area contributed by atoms with E-state index < -0.39 is 0 Å². The molecule has 0 bridgehead atoms. The molecule has 0 unspecified atom stereocenters. The summed E-state index contributed by atoms with van der Waals surface area (Å²) < 4.78 is 5.17. The van der Waals surface area contributed by atoms with E-state index in [2.05, 4.69) is 20.4 Å². The van der Waals surface area contributed by atoms with Crippen LogP contribution in [0.4, 0.5) is 5.69 Å². The van der Waals surface area contributed by atoms with Crippen LogP contribution in [0.15, 0.2) is 53.3 Å². The number of nitrogens with zero attached hydrogens (tertiary/aromatic N) is 4. The Labute approximate surface area is 180 Å². The van der Waals surface area contributed by atoms with E-state index in [1.807, 2.05) is 36.9 Å². The lowest BCUT2D eigenvalue weighted by Gasteiger charge is -2.34. The van der Waals surface area contributed by atoms with Gasteiger partial charge in [0.1, 0.15) is 0 Å².